The fourth-order valence-corrected chi connectivity index (χ4v) is 2.73. The van der Waals surface area contributed by atoms with Gasteiger partial charge in [0.2, 0.25) is 0 Å². The van der Waals surface area contributed by atoms with Gasteiger partial charge in [-0.05, 0) is 18.4 Å². The van der Waals surface area contributed by atoms with Crippen LogP contribution in [0, 0.1) is 0 Å². The van der Waals surface area contributed by atoms with Gasteiger partial charge in [0.25, 0.3) is 0 Å². The smallest absolute Gasteiger partial charge is 0.114 e. The van der Waals surface area contributed by atoms with Crippen molar-refractivity contribution < 1.29 is 5.11 Å². The van der Waals surface area contributed by atoms with Gasteiger partial charge in [-0.15, -0.1) is 0 Å². The Hall–Kier alpha value is -1.68. The molecule has 1 aromatic heterocycles. The van der Waals surface area contributed by atoms with Crippen molar-refractivity contribution in [2.24, 2.45) is 0 Å². The van der Waals surface area contributed by atoms with E-state index in [0.29, 0.717) is 6.54 Å². The summed E-state index contributed by atoms with van der Waals surface area (Å²) in [6.45, 7) is 0.650. The predicted molar refractivity (Wildman–Crippen MR) is 72.5 cm³/mol. The van der Waals surface area contributed by atoms with E-state index < -0.39 is 5.60 Å². The SMILES string of the molecule is OC1(c2cnn(Cc3ccccc3)n2)CCCCC1. The van der Waals surface area contributed by atoms with Gasteiger partial charge in [0.15, 0.2) is 0 Å². The van der Waals surface area contributed by atoms with Gasteiger partial charge in [0.1, 0.15) is 11.3 Å². The van der Waals surface area contributed by atoms with Gasteiger partial charge < -0.3 is 5.11 Å². The Morgan fingerprint density at radius 1 is 1.11 bits per heavy atom. The Labute approximate surface area is 113 Å². The minimum atomic E-state index is -0.757. The van der Waals surface area contributed by atoms with Gasteiger partial charge >= 0.3 is 0 Å². The summed E-state index contributed by atoms with van der Waals surface area (Å²) in [5.41, 5.74) is 1.14. The van der Waals surface area contributed by atoms with E-state index in [1.807, 2.05) is 18.2 Å². The number of nitrogens with zero attached hydrogens (tertiary/aromatic N) is 3. The Bertz CT molecular complexity index is 529. The molecule has 0 amide bonds. The number of rotatable bonds is 3. The summed E-state index contributed by atoms with van der Waals surface area (Å²) < 4.78 is 0. The molecule has 0 aliphatic heterocycles. The Morgan fingerprint density at radius 2 is 1.84 bits per heavy atom. The molecular weight excluding hydrogens is 238 g/mol. The standard InChI is InChI=1S/C15H19N3O/c19-15(9-5-2-6-10-15)14-11-16-18(17-14)12-13-7-3-1-4-8-13/h1,3-4,7-8,11,19H,2,5-6,9-10,12H2. The molecule has 1 N–H and O–H groups in total. The summed E-state index contributed by atoms with van der Waals surface area (Å²) in [7, 11) is 0. The average Bonchev–Trinajstić information content (AvgIpc) is 2.90. The van der Waals surface area contributed by atoms with Crippen LogP contribution in [0.25, 0.3) is 0 Å². The van der Waals surface area contributed by atoms with Crippen molar-refractivity contribution in [1.29, 1.82) is 0 Å². The van der Waals surface area contributed by atoms with E-state index in [1.54, 1.807) is 11.0 Å². The van der Waals surface area contributed by atoms with Gasteiger partial charge in [0.05, 0.1) is 12.7 Å². The molecule has 1 saturated carbocycles. The van der Waals surface area contributed by atoms with Crippen molar-refractivity contribution in [2.75, 3.05) is 0 Å². The molecule has 0 saturated heterocycles. The number of hydrogen-bond donors (Lipinski definition) is 1. The van der Waals surface area contributed by atoms with E-state index in [9.17, 15) is 5.11 Å². The highest BCUT2D eigenvalue weighted by Gasteiger charge is 2.33. The van der Waals surface area contributed by atoms with E-state index in [4.69, 9.17) is 0 Å². The first-order valence-electron chi connectivity index (χ1n) is 6.93. The molecule has 1 aliphatic rings. The third-order valence-corrected chi connectivity index (χ3v) is 3.86. The molecule has 100 valence electrons. The molecule has 4 heteroatoms. The quantitative estimate of drug-likeness (QED) is 0.919. The normalized spacial score (nSPS) is 18.4. The third kappa shape index (κ3) is 2.68. The summed E-state index contributed by atoms with van der Waals surface area (Å²) >= 11 is 0. The Morgan fingerprint density at radius 3 is 2.58 bits per heavy atom. The summed E-state index contributed by atoms with van der Waals surface area (Å²) in [5.74, 6) is 0. The minimum absolute atomic E-state index is 0.650. The lowest BCUT2D eigenvalue weighted by Crippen LogP contribution is -2.29. The van der Waals surface area contributed by atoms with E-state index in [2.05, 4.69) is 22.3 Å². The van der Waals surface area contributed by atoms with Gasteiger partial charge in [-0.2, -0.15) is 15.0 Å². The molecule has 4 nitrogen and oxygen atoms in total. The molecule has 0 unspecified atom stereocenters. The van der Waals surface area contributed by atoms with Crippen molar-refractivity contribution in [3.05, 3.63) is 47.8 Å². The van der Waals surface area contributed by atoms with Crippen molar-refractivity contribution in [1.82, 2.24) is 15.0 Å². The summed E-state index contributed by atoms with van der Waals surface area (Å²) in [4.78, 5) is 1.66. The van der Waals surface area contributed by atoms with Crippen LogP contribution < -0.4 is 0 Å². The number of benzene rings is 1. The molecule has 0 spiro atoms. The van der Waals surface area contributed by atoms with E-state index in [-0.39, 0.29) is 0 Å². The fraction of sp³-hybridized carbons (Fsp3) is 0.467. The summed E-state index contributed by atoms with van der Waals surface area (Å²) in [6.07, 6.45) is 6.67. The van der Waals surface area contributed by atoms with Crippen LogP contribution in [0.3, 0.4) is 0 Å². The number of aliphatic hydroxyl groups is 1. The third-order valence-electron chi connectivity index (χ3n) is 3.86. The minimum Gasteiger partial charge on any atom is -0.383 e. The highest BCUT2D eigenvalue weighted by Crippen LogP contribution is 2.35. The van der Waals surface area contributed by atoms with E-state index in [0.717, 1.165) is 31.4 Å². The zero-order valence-electron chi connectivity index (χ0n) is 11.0. The van der Waals surface area contributed by atoms with Crippen molar-refractivity contribution in [2.45, 2.75) is 44.2 Å². The number of aromatic nitrogens is 3. The monoisotopic (exact) mass is 257 g/mol. The van der Waals surface area contributed by atoms with Crippen LogP contribution in [0.1, 0.15) is 43.4 Å². The second kappa shape index (κ2) is 5.13. The topological polar surface area (TPSA) is 50.9 Å². The van der Waals surface area contributed by atoms with Crippen molar-refractivity contribution >= 4 is 0 Å². The van der Waals surface area contributed by atoms with Crippen LogP contribution in [0.5, 0.6) is 0 Å². The Kier molecular flexibility index (Phi) is 3.34. The highest BCUT2D eigenvalue weighted by molar-refractivity contribution is 5.15. The highest BCUT2D eigenvalue weighted by atomic mass is 16.3. The lowest BCUT2D eigenvalue weighted by atomic mass is 9.83. The van der Waals surface area contributed by atoms with E-state index in [1.165, 1.54) is 12.0 Å². The molecule has 2 aromatic rings. The summed E-state index contributed by atoms with van der Waals surface area (Å²) in [5, 5.41) is 19.3. The maximum atomic E-state index is 10.6. The lowest BCUT2D eigenvalue weighted by molar-refractivity contribution is -0.00514. The molecule has 1 heterocycles. The molecule has 1 fully saturated rings. The van der Waals surface area contributed by atoms with Crippen molar-refractivity contribution in [3.8, 4) is 0 Å². The Balaban J connectivity index is 1.76. The van der Waals surface area contributed by atoms with Crippen LogP contribution in [-0.4, -0.2) is 20.1 Å². The van der Waals surface area contributed by atoms with Crippen molar-refractivity contribution in [3.63, 3.8) is 0 Å². The fourth-order valence-electron chi connectivity index (χ4n) is 2.73. The second-order valence-corrected chi connectivity index (χ2v) is 5.34. The maximum absolute atomic E-state index is 10.6. The van der Waals surface area contributed by atoms with Crippen LogP contribution in [0.2, 0.25) is 0 Å². The molecule has 0 bridgehead atoms. The van der Waals surface area contributed by atoms with Gasteiger partial charge in [-0.25, -0.2) is 0 Å². The first-order valence-corrected chi connectivity index (χ1v) is 6.93. The van der Waals surface area contributed by atoms with Crippen LogP contribution in [0.15, 0.2) is 36.5 Å². The van der Waals surface area contributed by atoms with E-state index >= 15 is 0 Å². The lowest BCUT2D eigenvalue weighted by Gasteiger charge is -2.29. The zero-order valence-corrected chi connectivity index (χ0v) is 11.0. The largest absolute Gasteiger partial charge is 0.383 e. The number of hydrogen-bond acceptors (Lipinski definition) is 3. The molecular formula is C15H19N3O. The zero-order chi connectivity index (χ0) is 13.1. The summed E-state index contributed by atoms with van der Waals surface area (Å²) in [6, 6.07) is 10.1. The van der Waals surface area contributed by atoms with Gasteiger partial charge in [-0.3, -0.25) is 0 Å². The molecule has 0 radical (unpaired) electrons. The van der Waals surface area contributed by atoms with Gasteiger partial charge in [-0.1, -0.05) is 49.6 Å². The predicted octanol–water partition coefficient (Wildman–Crippen LogP) is 2.48. The molecule has 1 aromatic carbocycles. The molecule has 19 heavy (non-hydrogen) atoms. The average molecular weight is 257 g/mol. The first kappa shape index (κ1) is 12.4. The van der Waals surface area contributed by atoms with Gasteiger partial charge in [0, 0.05) is 0 Å². The molecule has 3 rings (SSSR count). The van der Waals surface area contributed by atoms with Crippen LogP contribution in [0.4, 0.5) is 0 Å². The second-order valence-electron chi connectivity index (χ2n) is 5.34. The first-order chi connectivity index (χ1) is 9.26. The maximum Gasteiger partial charge on any atom is 0.114 e. The van der Waals surface area contributed by atoms with Crippen LogP contribution in [-0.2, 0) is 12.1 Å². The molecule has 0 atom stereocenters. The molecule has 1 aliphatic carbocycles. The van der Waals surface area contributed by atoms with Crippen LogP contribution >= 0.6 is 0 Å².